The number of hydrogen-bond acceptors (Lipinski definition) is 2. The number of nitrogens with zero attached hydrogens (tertiary/aromatic N) is 2. The van der Waals surface area contributed by atoms with Gasteiger partial charge in [0.25, 0.3) is 0 Å². The second-order valence-electron chi connectivity index (χ2n) is 12.2. The zero-order valence-electron chi connectivity index (χ0n) is 27.3. The van der Waals surface area contributed by atoms with Crippen LogP contribution in [-0.2, 0) is 6.17 Å². The predicted octanol–water partition coefficient (Wildman–Crippen LogP) is 6.81. The molecule has 3 nitrogen and oxygen atoms in total. The van der Waals surface area contributed by atoms with Crippen LogP contribution in [0.5, 0.6) is 5.75 Å². The minimum atomic E-state index is -2.63. The summed E-state index contributed by atoms with van der Waals surface area (Å²) >= 11 is 0. The van der Waals surface area contributed by atoms with Crippen molar-refractivity contribution < 1.29 is 4.74 Å². The summed E-state index contributed by atoms with van der Waals surface area (Å²) in [5, 5.41) is 4.08. The van der Waals surface area contributed by atoms with Crippen molar-refractivity contribution in [1.82, 2.24) is 9.55 Å². The Morgan fingerprint density at radius 1 is 0.702 bits per heavy atom. The van der Waals surface area contributed by atoms with Gasteiger partial charge in [0.1, 0.15) is 5.75 Å². The Balaban J connectivity index is 1.43. The van der Waals surface area contributed by atoms with Crippen molar-refractivity contribution in [2.24, 2.45) is 0 Å². The lowest BCUT2D eigenvalue weighted by Gasteiger charge is -2.35. The molecule has 0 spiro atoms. The average Bonchev–Trinajstić information content (AvgIpc) is 3.58. The molecule has 0 fully saturated rings. The summed E-state index contributed by atoms with van der Waals surface area (Å²) in [4.78, 5) is 4.99. The van der Waals surface area contributed by atoms with Gasteiger partial charge in [-0.2, -0.15) is 0 Å². The second kappa shape index (κ2) is 16.1. The minimum absolute atomic E-state index is 0.723. The zero-order valence-corrected chi connectivity index (χ0v) is 28.3. The van der Waals surface area contributed by atoms with Crippen molar-refractivity contribution in [3.8, 4) is 5.75 Å². The molecule has 1 aromatic heterocycles. The number of rotatable bonds is 15. The lowest BCUT2D eigenvalue weighted by molar-refractivity contribution is 0.305. The van der Waals surface area contributed by atoms with Crippen LogP contribution in [0.2, 0.25) is 0 Å². The van der Waals surface area contributed by atoms with Crippen molar-refractivity contribution >= 4 is 48.2 Å². The van der Waals surface area contributed by atoms with Crippen LogP contribution in [0.4, 0.5) is 0 Å². The maximum absolute atomic E-state index is 6.37. The molecule has 0 saturated carbocycles. The Kier molecular flexibility index (Phi) is 11.0. The van der Waals surface area contributed by atoms with Gasteiger partial charge in [-0.3, -0.25) is 4.98 Å². The summed E-state index contributed by atoms with van der Waals surface area (Å²) in [5.74, 6) is 0.950. The van der Waals surface area contributed by atoms with E-state index in [0.29, 0.717) is 0 Å². The fraction of sp³-hybridized carbons (Fsp3) is 0.167. The predicted molar refractivity (Wildman–Crippen MR) is 203 cm³/mol. The standard InChI is InChI=1S/C42H43BN2OSi/c1-2-3-4-17-31-46-37-23-18-28-40(33-37)47(38-24-13-7-14-25-38,39-26-15-8-16-27-39)34-45-30-29-44-42(45)43-41(36-21-11-6-12-22-36)32-35-19-9-5-10-20-35/h5-16,18-30,32-33,43H,2-4,17,31,34H2,1H3. The summed E-state index contributed by atoms with van der Waals surface area (Å²) in [7, 11) is -1.91. The molecule has 6 rings (SSSR count). The molecule has 234 valence electrons. The molecule has 5 aromatic carbocycles. The molecule has 0 aliphatic heterocycles. The van der Waals surface area contributed by atoms with Crippen LogP contribution in [0, 0.1) is 0 Å². The first-order chi connectivity index (χ1) is 23.3. The molecule has 0 amide bonds. The fourth-order valence-corrected chi connectivity index (χ4v) is 11.1. The number of unbranched alkanes of at least 4 members (excludes halogenated alkanes) is 3. The highest BCUT2D eigenvalue weighted by Crippen LogP contribution is 2.19. The molecule has 0 aliphatic rings. The van der Waals surface area contributed by atoms with E-state index in [-0.39, 0.29) is 0 Å². The van der Waals surface area contributed by atoms with Crippen LogP contribution in [0.25, 0.3) is 11.5 Å². The maximum atomic E-state index is 6.37. The molecule has 0 saturated heterocycles. The maximum Gasteiger partial charge on any atom is 0.239 e. The number of benzene rings is 5. The Hall–Kier alpha value is -4.87. The van der Waals surface area contributed by atoms with Gasteiger partial charge in [-0.1, -0.05) is 171 Å². The van der Waals surface area contributed by atoms with Gasteiger partial charge in [0, 0.05) is 18.6 Å². The molecule has 0 unspecified atom stereocenters. The third-order valence-corrected chi connectivity index (χ3v) is 13.7. The van der Waals surface area contributed by atoms with E-state index in [4.69, 9.17) is 9.72 Å². The Morgan fingerprint density at radius 3 is 1.98 bits per heavy atom. The SMILES string of the molecule is CCCCCCOc1cccc([Si](Cn2ccnc2BC(=Cc2ccccc2)c2ccccc2)(c2ccccc2)c2ccccc2)c1. The van der Waals surface area contributed by atoms with Crippen LogP contribution in [-0.4, -0.2) is 31.5 Å². The molecule has 1 heterocycles. The zero-order chi connectivity index (χ0) is 32.2. The van der Waals surface area contributed by atoms with Crippen molar-refractivity contribution in [1.29, 1.82) is 0 Å². The van der Waals surface area contributed by atoms with Crippen LogP contribution >= 0.6 is 0 Å². The van der Waals surface area contributed by atoms with E-state index in [2.05, 4.69) is 169 Å². The lowest BCUT2D eigenvalue weighted by atomic mass is 9.65. The Labute approximate surface area is 281 Å². The van der Waals surface area contributed by atoms with Gasteiger partial charge in [0.15, 0.2) is 8.07 Å². The van der Waals surface area contributed by atoms with Gasteiger partial charge in [-0.05, 0) is 45.2 Å². The van der Waals surface area contributed by atoms with Gasteiger partial charge in [0.2, 0.25) is 7.28 Å². The highest BCUT2D eigenvalue weighted by molar-refractivity contribution is 7.10. The quantitative estimate of drug-likeness (QED) is 0.0540. The summed E-state index contributed by atoms with van der Waals surface area (Å²) in [5.41, 5.74) is 4.70. The number of aromatic nitrogens is 2. The fourth-order valence-electron chi connectivity index (χ4n) is 6.51. The summed E-state index contributed by atoms with van der Waals surface area (Å²) in [6.07, 6.45) is 12.0. The highest BCUT2D eigenvalue weighted by Gasteiger charge is 2.40. The minimum Gasteiger partial charge on any atom is -0.494 e. The normalized spacial score (nSPS) is 11.7. The third-order valence-electron chi connectivity index (χ3n) is 8.97. The first-order valence-electron chi connectivity index (χ1n) is 16.9. The number of imidazole rings is 1. The summed E-state index contributed by atoms with van der Waals surface area (Å²) in [6, 6.07) is 52.4. The molecular weight excluding hydrogens is 587 g/mol. The Bertz CT molecular complexity index is 1800. The van der Waals surface area contributed by atoms with E-state index < -0.39 is 8.07 Å². The van der Waals surface area contributed by atoms with Gasteiger partial charge < -0.3 is 9.30 Å². The molecule has 0 aliphatic carbocycles. The van der Waals surface area contributed by atoms with Gasteiger partial charge >= 0.3 is 0 Å². The molecule has 0 N–H and O–H groups in total. The van der Waals surface area contributed by atoms with Crippen molar-refractivity contribution in [2.45, 2.75) is 38.8 Å². The molecular formula is C42H43BN2OSi. The van der Waals surface area contributed by atoms with E-state index >= 15 is 0 Å². The van der Waals surface area contributed by atoms with Crippen LogP contribution in [0.15, 0.2) is 158 Å². The van der Waals surface area contributed by atoms with Gasteiger partial charge in [-0.15, -0.1) is 0 Å². The summed E-state index contributed by atoms with van der Waals surface area (Å²) in [6.45, 7) is 2.99. The average molecular weight is 631 g/mol. The summed E-state index contributed by atoms with van der Waals surface area (Å²) < 4.78 is 8.78. The lowest BCUT2D eigenvalue weighted by Crippen LogP contribution is -2.70. The molecule has 5 heteroatoms. The van der Waals surface area contributed by atoms with Crippen molar-refractivity contribution in [3.05, 3.63) is 169 Å². The molecule has 6 aromatic rings. The van der Waals surface area contributed by atoms with E-state index in [1.165, 1.54) is 51.4 Å². The van der Waals surface area contributed by atoms with Gasteiger partial charge in [0.05, 0.1) is 12.3 Å². The number of ether oxygens (including phenoxy) is 1. The van der Waals surface area contributed by atoms with Crippen LogP contribution in [0.1, 0.15) is 43.7 Å². The smallest absolute Gasteiger partial charge is 0.239 e. The highest BCUT2D eigenvalue weighted by atomic mass is 28.3. The molecule has 0 radical (unpaired) electrons. The Morgan fingerprint density at radius 2 is 1.32 bits per heavy atom. The van der Waals surface area contributed by atoms with E-state index in [1.807, 2.05) is 6.20 Å². The monoisotopic (exact) mass is 630 g/mol. The van der Waals surface area contributed by atoms with Crippen LogP contribution in [0.3, 0.4) is 0 Å². The molecule has 47 heavy (non-hydrogen) atoms. The number of hydrogen-bond donors (Lipinski definition) is 0. The van der Waals surface area contributed by atoms with Gasteiger partial charge in [-0.25, -0.2) is 0 Å². The third kappa shape index (κ3) is 7.93. The topological polar surface area (TPSA) is 27.1 Å². The van der Waals surface area contributed by atoms with Crippen molar-refractivity contribution in [3.63, 3.8) is 0 Å². The van der Waals surface area contributed by atoms with E-state index in [9.17, 15) is 0 Å². The van der Waals surface area contributed by atoms with Crippen molar-refractivity contribution in [2.75, 3.05) is 6.61 Å². The molecule has 0 atom stereocenters. The first kappa shape index (κ1) is 32.1. The van der Waals surface area contributed by atoms with E-state index in [1.54, 1.807) is 0 Å². The molecule has 0 bridgehead atoms. The largest absolute Gasteiger partial charge is 0.494 e. The second-order valence-corrected chi connectivity index (χ2v) is 16.0. The van der Waals surface area contributed by atoms with Crippen LogP contribution < -0.4 is 26.0 Å². The van der Waals surface area contributed by atoms with E-state index in [0.717, 1.165) is 37.9 Å². The first-order valence-corrected chi connectivity index (χ1v) is 19.1.